The fraction of sp³-hybridized carbons (Fsp3) is 0.667. The summed E-state index contributed by atoms with van der Waals surface area (Å²) in [5.41, 5.74) is -1.63. The molecule has 1 heterocycles. The first kappa shape index (κ1) is 12.8. The molecule has 10 heteroatoms. The Morgan fingerprint density at radius 1 is 1.62 bits per heavy atom. The lowest BCUT2D eigenvalue weighted by molar-refractivity contribution is -0.233. The third-order valence-electron chi connectivity index (χ3n) is 1.85. The molecule has 1 saturated heterocycles. The summed E-state index contributed by atoms with van der Waals surface area (Å²) in [6, 6.07) is 0. The van der Waals surface area contributed by atoms with E-state index in [1.807, 2.05) is 0 Å². The maximum absolute atomic E-state index is 11.4. The molecule has 1 aliphatic rings. The molecule has 16 heavy (non-hydrogen) atoms. The normalized spacial score (nSPS) is 25.2. The number of nitrogens with zero attached hydrogens (tertiary/aromatic N) is 1. The number of hydroxylamine groups is 2. The molecular weight excluding hydrogens is 244 g/mol. The molecule has 0 unspecified atom stereocenters. The van der Waals surface area contributed by atoms with E-state index in [4.69, 9.17) is 9.29 Å². The zero-order valence-electron chi connectivity index (χ0n) is 8.46. The molecule has 0 bridgehead atoms. The van der Waals surface area contributed by atoms with E-state index in [2.05, 4.69) is 9.60 Å². The highest BCUT2D eigenvalue weighted by atomic mass is 32.3. The van der Waals surface area contributed by atoms with Crippen LogP contribution in [0.15, 0.2) is 0 Å². The van der Waals surface area contributed by atoms with Crippen molar-refractivity contribution in [1.29, 1.82) is 0 Å². The molecule has 0 aromatic heterocycles. The Hall–Kier alpha value is -1.23. The second kappa shape index (κ2) is 3.97. The Morgan fingerprint density at radius 2 is 2.19 bits per heavy atom. The van der Waals surface area contributed by atoms with Crippen molar-refractivity contribution in [3.8, 4) is 0 Å². The highest BCUT2D eigenvalue weighted by molar-refractivity contribution is 7.80. The molecule has 1 rings (SSSR count). The highest BCUT2D eigenvalue weighted by Crippen LogP contribution is 2.24. The topological polar surface area (TPSA) is 122 Å². The molecule has 1 fully saturated rings. The van der Waals surface area contributed by atoms with Gasteiger partial charge in [-0.3, -0.25) is 14.1 Å². The van der Waals surface area contributed by atoms with Crippen LogP contribution in [0.2, 0.25) is 0 Å². The van der Waals surface area contributed by atoms with Crippen molar-refractivity contribution in [1.82, 2.24) is 10.4 Å². The van der Waals surface area contributed by atoms with Crippen molar-refractivity contribution in [2.24, 2.45) is 0 Å². The van der Waals surface area contributed by atoms with Crippen LogP contribution in [0.25, 0.3) is 0 Å². The highest BCUT2D eigenvalue weighted by Gasteiger charge is 2.56. The van der Waals surface area contributed by atoms with Gasteiger partial charge in [-0.25, -0.2) is 0 Å². The monoisotopic (exact) mass is 254 g/mol. The van der Waals surface area contributed by atoms with Gasteiger partial charge in [0.1, 0.15) is 6.54 Å². The van der Waals surface area contributed by atoms with Gasteiger partial charge in [-0.1, -0.05) is 0 Å². The molecule has 2 N–H and O–H groups in total. The Labute approximate surface area is 91.2 Å². The van der Waals surface area contributed by atoms with E-state index in [9.17, 15) is 18.0 Å². The first-order valence-electron chi connectivity index (χ1n) is 4.03. The van der Waals surface area contributed by atoms with Gasteiger partial charge in [-0.15, -0.1) is 4.28 Å². The minimum absolute atomic E-state index is 0.346. The van der Waals surface area contributed by atoms with Crippen LogP contribution in [0.1, 0.15) is 6.92 Å². The number of β-lactam (4-membered cyclic amide) rings is 1. The van der Waals surface area contributed by atoms with Crippen molar-refractivity contribution >= 4 is 22.2 Å². The summed E-state index contributed by atoms with van der Waals surface area (Å²) in [7, 11) is -3.60. The summed E-state index contributed by atoms with van der Waals surface area (Å²) in [6.45, 7) is 0.821. The number of rotatable bonds is 4. The summed E-state index contributed by atoms with van der Waals surface area (Å²) < 4.78 is 37.6. The van der Waals surface area contributed by atoms with E-state index < -0.39 is 27.9 Å². The van der Waals surface area contributed by atoms with Crippen LogP contribution in [-0.2, 0) is 29.0 Å². The average Bonchev–Trinajstić information content (AvgIpc) is 2.12. The van der Waals surface area contributed by atoms with Crippen molar-refractivity contribution in [3.05, 3.63) is 0 Å². The second-order valence-electron chi connectivity index (χ2n) is 3.06. The van der Waals surface area contributed by atoms with Crippen LogP contribution in [-0.4, -0.2) is 49.2 Å². The van der Waals surface area contributed by atoms with E-state index in [1.165, 1.54) is 14.0 Å². The van der Waals surface area contributed by atoms with E-state index in [0.29, 0.717) is 5.06 Å². The van der Waals surface area contributed by atoms with Gasteiger partial charge in [0.05, 0.1) is 0 Å². The SMILES string of the molecule is CO[C@]1(NC(C)=O)CN(OS(=O)(=O)O)C1=O. The Kier molecular flexibility index (Phi) is 3.19. The number of carbonyl (C=O) groups is 2. The Morgan fingerprint density at radius 3 is 2.50 bits per heavy atom. The van der Waals surface area contributed by atoms with E-state index in [1.54, 1.807) is 0 Å². The molecule has 1 atom stereocenters. The summed E-state index contributed by atoms with van der Waals surface area (Å²) >= 11 is 0. The number of amides is 2. The lowest BCUT2D eigenvalue weighted by Crippen LogP contribution is -2.74. The van der Waals surface area contributed by atoms with Crippen LogP contribution < -0.4 is 5.32 Å². The van der Waals surface area contributed by atoms with Gasteiger partial charge in [0, 0.05) is 14.0 Å². The third-order valence-corrected chi connectivity index (χ3v) is 2.22. The summed E-state index contributed by atoms with van der Waals surface area (Å²) in [4.78, 5) is 22.2. The van der Waals surface area contributed by atoms with Gasteiger partial charge < -0.3 is 10.1 Å². The molecular formula is C6H10N2O7S. The zero-order valence-corrected chi connectivity index (χ0v) is 9.28. The smallest absolute Gasteiger partial charge is 0.349 e. The molecule has 0 saturated carbocycles. The van der Waals surface area contributed by atoms with Gasteiger partial charge >= 0.3 is 16.3 Å². The van der Waals surface area contributed by atoms with Crippen LogP contribution in [0.4, 0.5) is 0 Å². The zero-order chi connectivity index (χ0) is 12.6. The molecule has 0 aromatic rings. The van der Waals surface area contributed by atoms with E-state index >= 15 is 0 Å². The molecule has 0 spiro atoms. The lowest BCUT2D eigenvalue weighted by Gasteiger charge is -2.44. The minimum Gasteiger partial charge on any atom is -0.349 e. The number of hydrogen-bond acceptors (Lipinski definition) is 6. The largest absolute Gasteiger partial charge is 0.418 e. The summed E-state index contributed by atoms with van der Waals surface area (Å²) in [5.74, 6) is -1.45. The number of ether oxygens (including phenoxy) is 1. The van der Waals surface area contributed by atoms with Crippen LogP contribution in [0.3, 0.4) is 0 Å². The standard InChI is InChI=1S/C6H10N2O7S/c1-4(9)7-6(14-2)3-8(5(6)10)15-16(11,12)13/h3H2,1-2H3,(H,7,9)(H,11,12,13)/t6-/m1/s1. The fourth-order valence-corrected chi connectivity index (χ4v) is 1.55. The predicted molar refractivity (Wildman–Crippen MR) is 47.9 cm³/mol. The van der Waals surface area contributed by atoms with Gasteiger partial charge in [0.25, 0.3) is 0 Å². The van der Waals surface area contributed by atoms with Crippen molar-refractivity contribution in [2.75, 3.05) is 13.7 Å². The van der Waals surface area contributed by atoms with Crippen molar-refractivity contribution in [3.63, 3.8) is 0 Å². The first-order chi connectivity index (χ1) is 7.20. The van der Waals surface area contributed by atoms with E-state index in [-0.39, 0.29) is 6.54 Å². The van der Waals surface area contributed by atoms with E-state index in [0.717, 1.165) is 0 Å². The molecule has 2 amide bonds. The summed E-state index contributed by atoms with van der Waals surface area (Å²) in [5, 5.41) is 2.56. The first-order valence-corrected chi connectivity index (χ1v) is 5.39. The quantitative estimate of drug-likeness (QED) is 0.339. The predicted octanol–water partition coefficient (Wildman–Crippen LogP) is -1.96. The number of methoxy groups -OCH3 is 1. The number of hydrogen-bond donors (Lipinski definition) is 2. The third kappa shape index (κ3) is 2.47. The maximum Gasteiger partial charge on any atom is 0.418 e. The van der Waals surface area contributed by atoms with Crippen LogP contribution in [0, 0.1) is 0 Å². The Bertz CT molecular complexity index is 419. The molecule has 0 aliphatic carbocycles. The molecule has 1 aliphatic heterocycles. The van der Waals surface area contributed by atoms with Crippen LogP contribution >= 0.6 is 0 Å². The number of carbonyl (C=O) groups excluding carboxylic acids is 2. The van der Waals surface area contributed by atoms with Gasteiger partial charge in [0.15, 0.2) is 0 Å². The minimum atomic E-state index is -4.77. The van der Waals surface area contributed by atoms with Crippen molar-refractivity contribution < 1.29 is 31.6 Å². The van der Waals surface area contributed by atoms with Gasteiger partial charge in [-0.2, -0.15) is 13.5 Å². The maximum atomic E-state index is 11.4. The molecule has 92 valence electrons. The number of nitrogens with one attached hydrogen (secondary N) is 1. The average molecular weight is 254 g/mol. The molecule has 0 radical (unpaired) electrons. The van der Waals surface area contributed by atoms with Gasteiger partial charge in [-0.05, 0) is 0 Å². The van der Waals surface area contributed by atoms with Gasteiger partial charge in [0.2, 0.25) is 11.6 Å². The van der Waals surface area contributed by atoms with Crippen LogP contribution in [0.5, 0.6) is 0 Å². The van der Waals surface area contributed by atoms with Crippen molar-refractivity contribution in [2.45, 2.75) is 12.6 Å². The molecule has 9 nitrogen and oxygen atoms in total. The fourth-order valence-electron chi connectivity index (χ4n) is 1.21. The Balaban J connectivity index is 2.71. The lowest BCUT2D eigenvalue weighted by atomic mass is 10.1. The molecule has 0 aromatic carbocycles. The summed E-state index contributed by atoms with van der Waals surface area (Å²) in [6.07, 6.45) is 0. The second-order valence-corrected chi connectivity index (χ2v) is 4.06.